The average molecular weight is 276 g/mol. The number of benzene rings is 1. The van der Waals surface area contributed by atoms with Crippen LogP contribution in [0.25, 0.3) is 0 Å². The van der Waals surface area contributed by atoms with E-state index in [0.717, 1.165) is 28.5 Å². The first kappa shape index (κ1) is 14.4. The first-order chi connectivity index (χ1) is 9.63. The highest BCUT2D eigenvalue weighted by Gasteiger charge is 2.13. The Hall–Kier alpha value is -2.01. The number of rotatable bonds is 6. The van der Waals surface area contributed by atoms with Crippen LogP contribution in [0, 0.1) is 6.92 Å². The van der Waals surface area contributed by atoms with Crippen LogP contribution in [0.4, 0.5) is 0 Å². The molecule has 0 aliphatic carbocycles. The number of methoxy groups -OCH3 is 2. The van der Waals surface area contributed by atoms with E-state index in [1.807, 2.05) is 31.2 Å². The minimum atomic E-state index is 0.126. The van der Waals surface area contributed by atoms with Gasteiger partial charge in [0, 0.05) is 23.7 Å². The van der Waals surface area contributed by atoms with Crippen LogP contribution in [0.1, 0.15) is 30.0 Å². The fourth-order valence-electron chi connectivity index (χ4n) is 2.04. The van der Waals surface area contributed by atoms with Crippen LogP contribution in [-0.2, 0) is 6.54 Å². The number of nitrogens with one attached hydrogen (secondary N) is 1. The lowest BCUT2D eigenvalue weighted by Gasteiger charge is -2.17. The van der Waals surface area contributed by atoms with Crippen LogP contribution in [0.2, 0.25) is 0 Å². The third kappa shape index (κ3) is 3.30. The van der Waals surface area contributed by atoms with Crippen molar-refractivity contribution in [2.45, 2.75) is 26.4 Å². The van der Waals surface area contributed by atoms with Crippen LogP contribution in [0.15, 0.2) is 28.8 Å². The number of hydrogen-bond donors (Lipinski definition) is 1. The summed E-state index contributed by atoms with van der Waals surface area (Å²) < 4.78 is 15.8. The zero-order valence-corrected chi connectivity index (χ0v) is 12.3. The molecule has 0 aliphatic rings. The molecule has 1 unspecified atom stereocenters. The fraction of sp³-hybridized carbons (Fsp3) is 0.400. The molecular weight excluding hydrogens is 256 g/mol. The van der Waals surface area contributed by atoms with E-state index in [2.05, 4.69) is 17.4 Å². The molecule has 0 bridgehead atoms. The van der Waals surface area contributed by atoms with E-state index in [1.54, 1.807) is 14.2 Å². The van der Waals surface area contributed by atoms with Crippen molar-refractivity contribution in [1.29, 1.82) is 0 Å². The Morgan fingerprint density at radius 3 is 2.65 bits per heavy atom. The van der Waals surface area contributed by atoms with Crippen molar-refractivity contribution in [3.8, 4) is 11.5 Å². The molecule has 1 N–H and O–H groups in total. The molecular formula is C15H20N2O3. The van der Waals surface area contributed by atoms with E-state index >= 15 is 0 Å². The van der Waals surface area contributed by atoms with E-state index in [4.69, 9.17) is 14.0 Å². The maximum atomic E-state index is 5.41. The normalized spacial score (nSPS) is 12.2. The van der Waals surface area contributed by atoms with Gasteiger partial charge in [0.15, 0.2) is 5.76 Å². The minimum Gasteiger partial charge on any atom is -0.497 e. The monoisotopic (exact) mass is 276 g/mol. The Kier molecular flexibility index (Phi) is 4.63. The van der Waals surface area contributed by atoms with Crippen LogP contribution >= 0.6 is 0 Å². The van der Waals surface area contributed by atoms with Crippen molar-refractivity contribution in [1.82, 2.24) is 10.5 Å². The van der Waals surface area contributed by atoms with Crippen molar-refractivity contribution in [3.05, 3.63) is 41.3 Å². The molecule has 20 heavy (non-hydrogen) atoms. The van der Waals surface area contributed by atoms with E-state index in [9.17, 15) is 0 Å². The summed E-state index contributed by atoms with van der Waals surface area (Å²) in [6, 6.07) is 7.86. The predicted molar refractivity (Wildman–Crippen MR) is 76.0 cm³/mol. The second-order valence-corrected chi connectivity index (χ2v) is 4.65. The maximum Gasteiger partial charge on any atom is 0.150 e. The molecule has 5 nitrogen and oxygen atoms in total. The fourth-order valence-corrected chi connectivity index (χ4v) is 2.04. The molecule has 2 rings (SSSR count). The molecule has 0 aliphatic heterocycles. The van der Waals surface area contributed by atoms with Crippen molar-refractivity contribution in [2.24, 2.45) is 0 Å². The Bertz CT molecular complexity index is 566. The maximum absolute atomic E-state index is 5.41. The topological polar surface area (TPSA) is 56.5 Å². The number of nitrogens with zero attached hydrogens (tertiary/aromatic N) is 1. The molecule has 0 spiro atoms. The van der Waals surface area contributed by atoms with Gasteiger partial charge in [0.05, 0.1) is 26.5 Å². The average Bonchev–Trinajstić information content (AvgIpc) is 2.89. The van der Waals surface area contributed by atoms with Crippen molar-refractivity contribution < 1.29 is 14.0 Å². The molecule has 0 fully saturated rings. The van der Waals surface area contributed by atoms with Crippen molar-refractivity contribution in [2.75, 3.05) is 14.2 Å². The number of aryl methyl sites for hydroxylation is 1. The molecule has 1 aromatic carbocycles. The Morgan fingerprint density at radius 2 is 2.05 bits per heavy atom. The highest BCUT2D eigenvalue weighted by molar-refractivity contribution is 5.42. The van der Waals surface area contributed by atoms with Gasteiger partial charge in [0.1, 0.15) is 11.5 Å². The SMILES string of the molecule is COc1ccc(C(C)NCc2cc(C)no2)c(OC)c1. The summed E-state index contributed by atoms with van der Waals surface area (Å²) in [6.45, 7) is 4.60. The summed E-state index contributed by atoms with van der Waals surface area (Å²) in [6.07, 6.45) is 0. The van der Waals surface area contributed by atoms with Gasteiger partial charge in [-0.05, 0) is 19.9 Å². The van der Waals surface area contributed by atoms with E-state index in [1.165, 1.54) is 0 Å². The first-order valence-corrected chi connectivity index (χ1v) is 6.51. The zero-order chi connectivity index (χ0) is 14.5. The van der Waals surface area contributed by atoms with Crippen LogP contribution in [0.5, 0.6) is 11.5 Å². The van der Waals surface area contributed by atoms with Crippen molar-refractivity contribution in [3.63, 3.8) is 0 Å². The summed E-state index contributed by atoms with van der Waals surface area (Å²) in [5.41, 5.74) is 1.96. The predicted octanol–water partition coefficient (Wildman–Crippen LogP) is 2.85. The third-order valence-electron chi connectivity index (χ3n) is 3.17. The van der Waals surface area contributed by atoms with E-state index < -0.39 is 0 Å². The molecule has 1 aromatic heterocycles. The molecule has 108 valence electrons. The van der Waals surface area contributed by atoms with Crippen LogP contribution in [0.3, 0.4) is 0 Å². The lowest BCUT2D eigenvalue weighted by molar-refractivity contribution is 0.358. The van der Waals surface area contributed by atoms with Crippen LogP contribution in [-0.4, -0.2) is 19.4 Å². The second-order valence-electron chi connectivity index (χ2n) is 4.65. The molecule has 0 amide bonds. The van der Waals surface area contributed by atoms with E-state index in [-0.39, 0.29) is 6.04 Å². The van der Waals surface area contributed by atoms with Gasteiger partial charge in [0.2, 0.25) is 0 Å². The van der Waals surface area contributed by atoms with Gasteiger partial charge in [-0.1, -0.05) is 11.2 Å². The summed E-state index contributed by atoms with van der Waals surface area (Å²) in [5, 5.41) is 7.25. The summed E-state index contributed by atoms with van der Waals surface area (Å²) in [5.74, 6) is 2.41. The lowest BCUT2D eigenvalue weighted by atomic mass is 10.1. The minimum absolute atomic E-state index is 0.126. The number of aromatic nitrogens is 1. The smallest absolute Gasteiger partial charge is 0.150 e. The Labute approximate surface area is 118 Å². The second kappa shape index (κ2) is 6.43. The zero-order valence-electron chi connectivity index (χ0n) is 12.3. The number of ether oxygens (including phenoxy) is 2. The molecule has 2 aromatic rings. The Morgan fingerprint density at radius 1 is 1.25 bits per heavy atom. The third-order valence-corrected chi connectivity index (χ3v) is 3.17. The number of hydrogen-bond acceptors (Lipinski definition) is 5. The summed E-state index contributed by atoms with van der Waals surface area (Å²) in [4.78, 5) is 0. The molecule has 0 saturated heterocycles. The van der Waals surface area contributed by atoms with E-state index in [0.29, 0.717) is 6.54 Å². The van der Waals surface area contributed by atoms with Gasteiger partial charge >= 0.3 is 0 Å². The Balaban J connectivity index is 2.06. The molecule has 1 atom stereocenters. The summed E-state index contributed by atoms with van der Waals surface area (Å²) in [7, 11) is 3.30. The molecule has 1 heterocycles. The van der Waals surface area contributed by atoms with Gasteiger partial charge in [0.25, 0.3) is 0 Å². The quantitative estimate of drug-likeness (QED) is 0.879. The highest BCUT2D eigenvalue weighted by Crippen LogP contribution is 2.29. The molecule has 0 saturated carbocycles. The van der Waals surface area contributed by atoms with Gasteiger partial charge < -0.3 is 19.3 Å². The van der Waals surface area contributed by atoms with Gasteiger partial charge in [-0.2, -0.15) is 0 Å². The largest absolute Gasteiger partial charge is 0.497 e. The molecule has 0 radical (unpaired) electrons. The lowest BCUT2D eigenvalue weighted by Crippen LogP contribution is -2.18. The van der Waals surface area contributed by atoms with Crippen molar-refractivity contribution >= 4 is 0 Å². The van der Waals surface area contributed by atoms with Crippen LogP contribution < -0.4 is 14.8 Å². The van der Waals surface area contributed by atoms with Gasteiger partial charge in [-0.25, -0.2) is 0 Å². The standard InChI is InChI=1S/C15H20N2O3/c1-10-7-13(20-17-10)9-16-11(2)14-6-5-12(18-3)8-15(14)19-4/h5-8,11,16H,9H2,1-4H3. The van der Waals surface area contributed by atoms with Gasteiger partial charge in [-0.3, -0.25) is 0 Å². The van der Waals surface area contributed by atoms with Gasteiger partial charge in [-0.15, -0.1) is 0 Å². The molecule has 5 heteroatoms. The first-order valence-electron chi connectivity index (χ1n) is 6.51. The highest BCUT2D eigenvalue weighted by atomic mass is 16.5. The summed E-state index contributed by atoms with van der Waals surface area (Å²) >= 11 is 0.